The fourth-order valence-electron chi connectivity index (χ4n) is 15.3. The van der Waals surface area contributed by atoms with Crippen LogP contribution in [0.15, 0.2) is 11.6 Å². The number of methoxy groups -OCH3 is 1. The summed E-state index contributed by atoms with van der Waals surface area (Å²) in [5.74, 6) is -2.20. The number of fused-ring (bicyclic) bond motifs is 7. The van der Waals surface area contributed by atoms with Gasteiger partial charge in [-0.15, -0.1) is 0 Å². The quantitative estimate of drug-likeness (QED) is 0.0657. The summed E-state index contributed by atoms with van der Waals surface area (Å²) >= 11 is 0. The highest BCUT2D eigenvalue weighted by Gasteiger charge is 2.72. The Hall–Kier alpha value is -2.00. The van der Waals surface area contributed by atoms with Gasteiger partial charge in [-0.3, -0.25) is 4.79 Å². The lowest BCUT2D eigenvalue weighted by atomic mass is 9.33. The lowest BCUT2D eigenvalue weighted by Gasteiger charge is -2.72. The average Bonchev–Trinajstić information content (AvgIpc) is 3.32. The van der Waals surface area contributed by atoms with E-state index in [1.807, 2.05) is 6.92 Å². The van der Waals surface area contributed by atoms with Crippen LogP contribution in [0.4, 0.5) is 0 Å². The molecule has 0 radical (unpaired) electrons. The van der Waals surface area contributed by atoms with Gasteiger partial charge in [-0.25, -0.2) is 4.79 Å². The first-order valence-corrected chi connectivity index (χ1v) is 25.0. The number of hydrogen-bond donors (Lipinski definition) is 12. The number of hydrogen-bond acceptors (Lipinski definition) is 21. The number of rotatable bonds is 10. The number of carbonyl (C=O) groups excluding carboxylic acids is 2. The summed E-state index contributed by atoms with van der Waals surface area (Å²) in [5.41, 5.74) is -2.56. The van der Waals surface area contributed by atoms with Gasteiger partial charge in [0.05, 0.1) is 44.6 Å². The Morgan fingerprint density at radius 1 is 0.657 bits per heavy atom. The van der Waals surface area contributed by atoms with Crippen molar-refractivity contribution in [2.75, 3.05) is 26.9 Å². The zero-order chi connectivity index (χ0) is 51.4. The Morgan fingerprint density at radius 3 is 1.83 bits per heavy atom. The molecule has 21 heteroatoms. The Kier molecular flexibility index (Phi) is 15.0. The van der Waals surface area contributed by atoms with Crippen LogP contribution in [-0.2, 0) is 42.7 Å². The molecule has 0 aromatic carbocycles. The molecule has 0 aromatic heterocycles. The summed E-state index contributed by atoms with van der Waals surface area (Å²) in [6.45, 7) is 11.0. The number of esters is 2. The molecule has 4 saturated carbocycles. The van der Waals surface area contributed by atoms with Crippen molar-refractivity contribution in [1.29, 1.82) is 0 Å². The van der Waals surface area contributed by atoms with Gasteiger partial charge in [0.2, 0.25) is 6.29 Å². The van der Waals surface area contributed by atoms with Crippen molar-refractivity contribution < 1.29 is 104 Å². The molecular weight excluding hydrogens is 925 g/mol. The van der Waals surface area contributed by atoms with Gasteiger partial charge in [0.25, 0.3) is 0 Å². The minimum atomic E-state index is -1.99. The summed E-state index contributed by atoms with van der Waals surface area (Å²) in [7, 11) is 1.04. The minimum Gasteiger partial charge on any atom is -0.467 e. The largest absolute Gasteiger partial charge is 0.467 e. The molecule has 0 spiro atoms. The molecule has 70 heavy (non-hydrogen) atoms. The number of carbonyl (C=O) groups is 2. The number of ether oxygens (including phenoxy) is 7. The van der Waals surface area contributed by atoms with E-state index in [1.54, 1.807) is 0 Å². The van der Waals surface area contributed by atoms with Crippen molar-refractivity contribution in [2.45, 2.75) is 204 Å². The molecule has 3 saturated heterocycles. The van der Waals surface area contributed by atoms with Gasteiger partial charge in [-0.1, -0.05) is 53.2 Å². The molecule has 8 aliphatic rings. The van der Waals surface area contributed by atoms with E-state index in [-0.39, 0.29) is 35.0 Å². The summed E-state index contributed by atoms with van der Waals surface area (Å²) < 4.78 is 40.1. The fourth-order valence-corrected chi connectivity index (χ4v) is 15.3. The topological polar surface area (TPSA) is 342 Å². The molecule has 0 amide bonds. The lowest BCUT2D eigenvalue weighted by Crippen LogP contribution is -2.70. The van der Waals surface area contributed by atoms with Crippen molar-refractivity contribution >= 4 is 11.9 Å². The van der Waals surface area contributed by atoms with Crippen LogP contribution >= 0.6 is 0 Å². The zero-order valence-electron chi connectivity index (χ0n) is 41.2. The summed E-state index contributed by atoms with van der Waals surface area (Å²) in [4.78, 5) is 27.9. The van der Waals surface area contributed by atoms with Crippen LogP contribution in [0, 0.1) is 50.2 Å². The third-order valence-corrected chi connectivity index (χ3v) is 19.6. The molecular formula is C49H78O21. The highest BCUT2D eigenvalue weighted by molar-refractivity contribution is 5.79. The Balaban J connectivity index is 1.05. The predicted molar refractivity (Wildman–Crippen MR) is 238 cm³/mol. The molecule has 7 fully saturated rings. The Bertz CT molecular complexity index is 1950. The monoisotopic (exact) mass is 1000 g/mol. The maximum Gasteiger partial charge on any atom is 0.337 e. The van der Waals surface area contributed by atoms with E-state index in [9.17, 15) is 70.9 Å². The van der Waals surface area contributed by atoms with Crippen molar-refractivity contribution in [3.05, 3.63) is 11.6 Å². The van der Waals surface area contributed by atoms with Crippen LogP contribution in [0.2, 0.25) is 0 Å². The van der Waals surface area contributed by atoms with Gasteiger partial charge < -0.3 is 94.4 Å². The molecule has 21 nitrogen and oxygen atoms in total. The van der Waals surface area contributed by atoms with Crippen LogP contribution in [0.1, 0.15) is 99.3 Å². The van der Waals surface area contributed by atoms with Gasteiger partial charge in [0, 0.05) is 5.41 Å². The molecule has 400 valence electrons. The normalized spacial score (nSPS) is 53.3. The van der Waals surface area contributed by atoms with Crippen LogP contribution in [0.3, 0.4) is 0 Å². The average molecular weight is 1000 g/mol. The third-order valence-electron chi connectivity index (χ3n) is 19.6. The van der Waals surface area contributed by atoms with E-state index in [0.717, 1.165) is 19.1 Å². The highest BCUT2D eigenvalue weighted by atomic mass is 16.8. The maximum atomic E-state index is 14.7. The standard InChI is InChI=1S/C49H78O21/c1-44(2)12-14-49(43(63)70-41-34(60)31(57)29(55)25(19-51)66-41)15-13-47(5)21(22(49)16-44)8-9-27-45(3)17-23(53)38(46(4,20-52)26(45)10-11-48(27,47)6)69-42-35(61)32(58)36(37(68-42)39(62)64-7)67-40-33(59)30(56)28(54)24(18-50)65-40/h8,22-38,40-42,50-61H,9-20H2,1-7H3/t22-,23-,24+,25+,26+,27+,28-,29+,30-,31-,32+,33+,34+,35+,36-,37-,38-,40-,41-,42-,45-,46-,47+,48+,49-/m0/s1. The van der Waals surface area contributed by atoms with Crippen molar-refractivity contribution in [2.24, 2.45) is 50.2 Å². The van der Waals surface area contributed by atoms with Crippen LogP contribution < -0.4 is 0 Å². The second-order valence-electron chi connectivity index (χ2n) is 23.7. The lowest BCUT2D eigenvalue weighted by molar-refractivity contribution is -0.369. The van der Waals surface area contributed by atoms with Crippen molar-refractivity contribution in [1.82, 2.24) is 0 Å². The van der Waals surface area contributed by atoms with E-state index in [4.69, 9.17) is 33.2 Å². The number of aliphatic hydroxyl groups excluding tert-OH is 12. The van der Waals surface area contributed by atoms with E-state index < -0.39 is 158 Å². The van der Waals surface area contributed by atoms with E-state index >= 15 is 0 Å². The highest BCUT2D eigenvalue weighted by Crippen LogP contribution is 2.76. The third kappa shape index (κ3) is 8.33. The van der Waals surface area contributed by atoms with Crippen molar-refractivity contribution in [3.8, 4) is 0 Å². The smallest absolute Gasteiger partial charge is 0.337 e. The van der Waals surface area contributed by atoms with Gasteiger partial charge in [0.15, 0.2) is 18.7 Å². The number of aliphatic hydroxyl groups is 12. The summed E-state index contributed by atoms with van der Waals surface area (Å²) in [6.07, 6.45) is -21.0. The van der Waals surface area contributed by atoms with Crippen LogP contribution in [0.5, 0.6) is 0 Å². The molecule has 25 atom stereocenters. The van der Waals surface area contributed by atoms with E-state index in [1.165, 1.54) is 0 Å². The van der Waals surface area contributed by atoms with Crippen molar-refractivity contribution in [3.63, 3.8) is 0 Å². The van der Waals surface area contributed by atoms with Gasteiger partial charge in [0.1, 0.15) is 67.1 Å². The first-order valence-electron chi connectivity index (χ1n) is 25.0. The van der Waals surface area contributed by atoms with E-state index in [2.05, 4.69) is 40.7 Å². The molecule has 0 unspecified atom stereocenters. The van der Waals surface area contributed by atoms with Crippen LogP contribution in [-0.4, -0.2) is 204 Å². The minimum absolute atomic E-state index is 0.0403. The first kappa shape index (κ1) is 54.3. The van der Waals surface area contributed by atoms with Gasteiger partial charge >= 0.3 is 11.9 Å². The molecule has 3 aliphatic heterocycles. The summed E-state index contributed by atoms with van der Waals surface area (Å²) in [5, 5.41) is 129. The van der Waals surface area contributed by atoms with E-state index in [0.29, 0.717) is 44.9 Å². The molecule has 5 aliphatic carbocycles. The molecule has 3 heterocycles. The summed E-state index contributed by atoms with van der Waals surface area (Å²) in [6, 6.07) is 0. The Labute approximate surface area is 407 Å². The second-order valence-corrected chi connectivity index (χ2v) is 23.7. The Morgan fingerprint density at radius 2 is 1.23 bits per heavy atom. The predicted octanol–water partition coefficient (Wildman–Crippen LogP) is -1.74. The second kappa shape index (κ2) is 19.3. The maximum absolute atomic E-state index is 14.7. The van der Waals surface area contributed by atoms with Gasteiger partial charge in [-0.05, 0) is 97.2 Å². The first-order chi connectivity index (χ1) is 32.7. The zero-order valence-corrected chi connectivity index (χ0v) is 41.2. The molecule has 0 bridgehead atoms. The molecule has 12 N–H and O–H groups in total. The SMILES string of the molecule is COC(=O)[C@H]1O[C@@H](O[C@H]2[C@@H](O)C[C@@]3(C)[C@@H](CC[C@]4(C)[C@@H]3CC=C3[C@@H]5CC(C)(C)CC[C@]5(C(=O)O[C@@H]5O[C@H](CO)[C@@H](O)[C@H](O)[C@H]5O)CC[C@]34C)[C@]2(C)CO)[C@H](O)[C@@H](O)[C@@H]1O[C@@H]1O[C@H](CO)[C@H](O)[C@H](O)[C@H]1O. The molecule has 8 rings (SSSR count). The van der Waals surface area contributed by atoms with Gasteiger partial charge in [-0.2, -0.15) is 0 Å². The van der Waals surface area contributed by atoms with Crippen LogP contribution in [0.25, 0.3) is 0 Å². The molecule has 0 aromatic rings. The number of allylic oxidation sites excluding steroid dienone is 2. The fraction of sp³-hybridized carbons (Fsp3) is 0.918.